The molecule has 0 amide bonds. The van der Waals surface area contributed by atoms with E-state index in [9.17, 15) is 15.0 Å². The van der Waals surface area contributed by atoms with Gasteiger partial charge in [0.1, 0.15) is 0 Å². The molecule has 0 bridgehead atoms. The Bertz CT molecular complexity index is 402. The van der Waals surface area contributed by atoms with Crippen molar-refractivity contribution < 1.29 is 19.7 Å². The molecule has 1 aromatic rings. The van der Waals surface area contributed by atoms with Crippen LogP contribution >= 0.6 is 0 Å². The molecule has 0 aliphatic carbocycles. The molecule has 100 valence electrons. The van der Waals surface area contributed by atoms with Crippen LogP contribution in [0.1, 0.15) is 22.8 Å². The highest BCUT2D eigenvalue weighted by molar-refractivity contribution is 5.90. The minimum atomic E-state index is -0.775. The molecule has 0 aliphatic heterocycles. The van der Waals surface area contributed by atoms with Crippen molar-refractivity contribution >= 4 is 5.97 Å². The molecule has 0 saturated heterocycles. The zero-order chi connectivity index (χ0) is 13.6. The second-order valence-corrected chi connectivity index (χ2v) is 4.38. The van der Waals surface area contributed by atoms with Crippen molar-refractivity contribution in [3.05, 3.63) is 35.4 Å². The Morgan fingerprint density at radius 3 is 2.50 bits per heavy atom. The average molecular weight is 253 g/mol. The summed E-state index contributed by atoms with van der Waals surface area (Å²) in [5.41, 5.74) is 0.465. The van der Waals surface area contributed by atoms with Gasteiger partial charge in [-0.1, -0.05) is 18.2 Å². The van der Waals surface area contributed by atoms with Gasteiger partial charge in [0.25, 0.3) is 0 Å². The van der Waals surface area contributed by atoms with E-state index < -0.39 is 11.5 Å². The largest absolute Gasteiger partial charge is 0.465 e. The number of aliphatic hydroxyl groups excluding tert-OH is 2. The Morgan fingerprint density at radius 1 is 1.33 bits per heavy atom. The molecule has 0 fully saturated rings. The molecular weight excluding hydrogens is 234 g/mol. The maximum atomic E-state index is 11.5. The highest BCUT2D eigenvalue weighted by atomic mass is 16.5. The number of hydrogen-bond donors (Lipinski definition) is 3. The predicted molar refractivity (Wildman–Crippen MR) is 67.2 cm³/mol. The number of carbonyl (C=O) groups excluding carboxylic acids is 1. The van der Waals surface area contributed by atoms with Crippen molar-refractivity contribution in [2.45, 2.75) is 19.0 Å². The Morgan fingerprint density at radius 2 is 1.94 bits per heavy atom. The summed E-state index contributed by atoms with van der Waals surface area (Å²) in [6, 6.07) is 7.05. The lowest BCUT2D eigenvalue weighted by atomic mass is 10.0. The van der Waals surface area contributed by atoms with Crippen LogP contribution in [0.25, 0.3) is 0 Å². The number of rotatable bonds is 6. The average Bonchev–Trinajstić information content (AvgIpc) is 2.44. The number of esters is 1. The highest BCUT2D eigenvalue weighted by Crippen LogP contribution is 2.12. The minimum Gasteiger partial charge on any atom is -0.465 e. The molecule has 18 heavy (non-hydrogen) atoms. The summed E-state index contributed by atoms with van der Waals surface area (Å²) in [6.45, 7) is 1.68. The molecule has 0 heterocycles. The molecule has 5 heteroatoms. The van der Waals surface area contributed by atoms with Gasteiger partial charge in [-0.2, -0.15) is 0 Å². The Kier molecular flexibility index (Phi) is 5.27. The van der Waals surface area contributed by atoms with E-state index in [4.69, 9.17) is 4.74 Å². The lowest BCUT2D eigenvalue weighted by Crippen LogP contribution is -2.48. The molecular formula is C13H19NO4. The van der Waals surface area contributed by atoms with Crippen molar-refractivity contribution in [1.29, 1.82) is 0 Å². The maximum absolute atomic E-state index is 11.5. The molecule has 0 spiro atoms. The maximum Gasteiger partial charge on any atom is 0.338 e. The van der Waals surface area contributed by atoms with Gasteiger partial charge < -0.3 is 20.3 Å². The van der Waals surface area contributed by atoms with Gasteiger partial charge in [0.05, 0.1) is 31.4 Å². The van der Waals surface area contributed by atoms with Gasteiger partial charge in [0.2, 0.25) is 0 Å². The lowest BCUT2D eigenvalue weighted by Gasteiger charge is -2.26. The summed E-state index contributed by atoms with van der Waals surface area (Å²) in [5, 5.41) is 21.4. The van der Waals surface area contributed by atoms with Crippen molar-refractivity contribution in [2.75, 3.05) is 20.3 Å². The van der Waals surface area contributed by atoms with Crippen LogP contribution in [0.15, 0.2) is 24.3 Å². The third kappa shape index (κ3) is 3.53. The number of aliphatic hydroxyl groups is 2. The van der Waals surface area contributed by atoms with E-state index in [0.717, 1.165) is 5.56 Å². The molecule has 0 atom stereocenters. The van der Waals surface area contributed by atoms with Gasteiger partial charge >= 0.3 is 5.97 Å². The van der Waals surface area contributed by atoms with E-state index in [1.807, 2.05) is 6.07 Å². The van der Waals surface area contributed by atoms with Gasteiger partial charge in [-0.05, 0) is 18.6 Å². The molecule has 0 radical (unpaired) electrons. The molecule has 0 aliphatic rings. The van der Waals surface area contributed by atoms with E-state index in [2.05, 4.69) is 5.32 Å². The smallest absolute Gasteiger partial charge is 0.338 e. The third-order valence-electron chi connectivity index (χ3n) is 2.83. The van der Waals surface area contributed by atoms with Gasteiger partial charge in [-0.3, -0.25) is 0 Å². The summed E-state index contributed by atoms with van der Waals surface area (Å²) in [4.78, 5) is 11.5. The molecule has 5 nitrogen and oxygen atoms in total. The number of ether oxygens (including phenoxy) is 1. The van der Waals surface area contributed by atoms with Crippen LogP contribution in [-0.2, 0) is 11.3 Å². The fourth-order valence-corrected chi connectivity index (χ4v) is 1.45. The van der Waals surface area contributed by atoms with Gasteiger partial charge in [-0.15, -0.1) is 0 Å². The molecule has 0 aromatic heterocycles. The van der Waals surface area contributed by atoms with Crippen molar-refractivity contribution in [1.82, 2.24) is 5.32 Å². The minimum absolute atomic E-state index is 0.191. The number of carbonyl (C=O) groups is 1. The quantitative estimate of drug-likeness (QED) is 0.636. The first-order chi connectivity index (χ1) is 8.56. The SMILES string of the molecule is COC(=O)c1ccccc1CNC(C)(CO)CO. The van der Waals surface area contributed by atoms with E-state index in [1.165, 1.54) is 7.11 Å². The Hall–Kier alpha value is -1.43. The van der Waals surface area contributed by atoms with Crippen LogP contribution in [0.3, 0.4) is 0 Å². The first kappa shape index (κ1) is 14.6. The number of hydrogen-bond acceptors (Lipinski definition) is 5. The summed E-state index contributed by atoms with van der Waals surface area (Å²) in [6.07, 6.45) is 0. The number of methoxy groups -OCH3 is 1. The van der Waals surface area contributed by atoms with E-state index in [-0.39, 0.29) is 13.2 Å². The van der Waals surface area contributed by atoms with Crippen LogP contribution < -0.4 is 5.32 Å². The fourth-order valence-electron chi connectivity index (χ4n) is 1.45. The first-order valence-electron chi connectivity index (χ1n) is 5.69. The molecule has 3 N–H and O–H groups in total. The fraction of sp³-hybridized carbons (Fsp3) is 0.462. The molecule has 0 unspecified atom stereocenters. The monoisotopic (exact) mass is 253 g/mol. The summed E-state index contributed by atoms with van der Waals surface area (Å²) < 4.78 is 4.70. The predicted octanol–water partition coefficient (Wildman–Crippen LogP) is 0.306. The summed E-state index contributed by atoms with van der Waals surface area (Å²) in [7, 11) is 1.33. The van der Waals surface area contributed by atoms with Crippen LogP contribution in [-0.4, -0.2) is 42.0 Å². The van der Waals surface area contributed by atoms with Crippen LogP contribution in [0.4, 0.5) is 0 Å². The summed E-state index contributed by atoms with van der Waals surface area (Å²) in [5.74, 6) is -0.401. The molecule has 0 saturated carbocycles. The summed E-state index contributed by atoms with van der Waals surface area (Å²) >= 11 is 0. The van der Waals surface area contributed by atoms with E-state index in [1.54, 1.807) is 25.1 Å². The van der Waals surface area contributed by atoms with Gasteiger partial charge in [0.15, 0.2) is 0 Å². The zero-order valence-electron chi connectivity index (χ0n) is 10.6. The van der Waals surface area contributed by atoms with E-state index in [0.29, 0.717) is 12.1 Å². The number of benzene rings is 1. The molecule has 1 rings (SSSR count). The molecule has 1 aromatic carbocycles. The van der Waals surface area contributed by atoms with E-state index >= 15 is 0 Å². The second kappa shape index (κ2) is 6.49. The van der Waals surface area contributed by atoms with Crippen LogP contribution in [0.5, 0.6) is 0 Å². The topological polar surface area (TPSA) is 78.8 Å². The second-order valence-electron chi connectivity index (χ2n) is 4.38. The number of nitrogens with one attached hydrogen (secondary N) is 1. The van der Waals surface area contributed by atoms with Crippen molar-refractivity contribution in [3.63, 3.8) is 0 Å². The van der Waals surface area contributed by atoms with Gasteiger partial charge in [0, 0.05) is 6.54 Å². The van der Waals surface area contributed by atoms with Crippen LogP contribution in [0, 0.1) is 0 Å². The first-order valence-corrected chi connectivity index (χ1v) is 5.69. The third-order valence-corrected chi connectivity index (χ3v) is 2.83. The van der Waals surface area contributed by atoms with Crippen molar-refractivity contribution in [3.8, 4) is 0 Å². The standard InChI is InChI=1S/C13H19NO4/c1-13(8-15,9-16)14-7-10-5-3-4-6-11(10)12(17)18-2/h3-6,14-16H,7-9H2,1-2H3. The highest BCUT2D eigenvalue weighted by Gasteiger charge is 2.22. The van der Waals surface area contributed by atoms with Crippen LogP contribution in [0.2, 0.25) is 0 Å². The Labute approximate surface area is 106 Å². The zero-order valence-corrected chi connectivity index (χ0v) is 10.6. The normalized spacial score (nSPS) is 11.3. The lowest BCUT2D eigenvalue weighted by molar-refractivity contribution is 0.0598. The van der Waals surface area contributed by atoms with Gasteiger partial charge in [-0.25, -0.2) is 4.79 Å². The van der Waals surface area contributed by atoms with Crippen molar-refractivity contribution in [2.24, 2.45) is 0 Å². The Balaban J connectivity index is 2.82.